The monoisotopic (exact) mass is 213 g/mol. The van der Waals surface area contributed by atoms with E-state index in [0.29, 0.717) is 5.02 Å². The molecule has 2 N–H and O–H groups in total. The number of methoxy groups -OCH3 is 1. The van der Waals surface area contributed by atoms with Crippen LogP contribution in [0.3, 0.4) is 0 Å². The van der Waals surface area contributed by atoms with Crippen LogP contribution in [0, 0.1) is 0 Å². The Labute approximate surface area is 84.9 Å². The largest absolute Gasteiger partial charge is 0.496 e. The van der Waals surface area contributed by atoms with Gasteiger partial charge in [-0.1, -0.05) is 11.6 Å². The Kier molecular flexibility index (Phi) is 2.06. The summed E-state index contributed by atoms with van der Waals surface area (Å²) in [6.07, 6.45) is 0. The normalized spacial score (nSPS) is 10.6. The van der Waals surface area contributed by atoms with E-state index in [1.165, 1.54) is 0 Å². The van der Waals surface area contributed by atoms with Gasteiger partial charge < -0.3 is 10.5 Å². The summed E-state index contributed by atoms with van der Waals surface area (Å²) in [7, 11) is 1.61. The number of nitrogen functional groups attached to an aromatic ring is 1. The number of halogens is 1. The van der Waals surface area contributed by atoms with E-state index >= 15 is 0 Å². The Morgan fingerprint density at radius 2 is 2.23 bits per heavy atom. The lowest BCUT2D eigenvalue weighted by atomic mass is 10.2. The molecule has 2 aromatic rings. The quantitative estimate of drug-likeness (QED) is 0.790. The lowest BCUT2D eigenvalue weighted by Crippen LogP contribution is -1.87. The van der Waals surface area contributed by atoms with E-state index in [1.807, 2.05) is 11.4 Å². The molecular weight excluding hydrogens is 206 g/mol. The summed E-state index contributed by atoms with van der Waals surface area (Å²) < 4.78 is 6.25. The first kappa shape index (κ1) is 8.66. The fraction of sp³-hybridized carbons (Fsp3) is 0.111. The van der Waals surface area contributed by atoms with Gasteiger partial charge in [0.1, 0.15) is 5.75 Å². The van der Waals surface area contributed by atoms with Crippen LogP contribution in [-0.2, 0) is 0 Å². The molecule has 0 saturated carbocycles. The van der Waals surface area contributed by atoms with E-state index in [1.54, 1.807) is 24.5 Å². The number of rotatable bonds is 1. The van der Waals surface area contributed by atoms with Crippen molar-refractivity contribution in [1.29, 1.82) is 0 Å². The van der Waals surface area contributed by atoms with Gasteiger partial charge >= 0.3 is 0 Å². The van der Waals surface area contributed by atoms with Crippen molar-refractivity contribution >= 4 is 38.7 Å². The van der Waals surface area contributed by atoms with Gasteiger partial charge in [-0.15, -0.1) is 11.3 Å². The Bertz CT molecular complexity index is 452. The second kappa shape index (κ2) is 3.09. The number of thiophene rings is 1. The first-order valence-corrected chi connectivity index (χ1v) is 4.98. The molecule has 0 aliphatic rings. The predicted octanol–water partition coefficient (Wildman–Crippen LogP) is 3.15. The lowest BCUT2D eigenvalue weighted by Gasteiger charge is -2.03. The Balaban J connectivity index is 2.85. The van der Waals surface area contributed by atoms with Crippen LogP contribution in [0.5, 0.6) is 5.75 Å². The average Bonchev–Trinajstić information content (AvgIpc) is 2.46. The number of ether oxygens (including phenoxy) is 1. The fourth-order valence-corrected chi connectivity index (χ4v) is 2.46. The molecule has 68 valence electrons. The molecule has 0 spiro atoms. The molecular formula is C9H8ClNOS. The average molecular weight is 214 g/mol. The molecule has 0 radical (unpaired) electrons. The van der Waals surface area contributed by atoms with Gasteiger partial charge in [-0.2, -0.15) is 0 Å². The molecule has 4 heteroatoms. The molecule has 1 aromatic carbocycles. The van der Waals surface area contributed by atoms with Crippen molar-refractivity contribution in [1.82, 2.24) is 0 Å². The van der Waals surface area contributed by atoms with Crippen LogP contribution in [0.1, 0.15) is 0 Å². The van der Waals surface area contributed by atoms with Crippen molar-refractivity contribution in [2.24, 2.45) is 0 Å². The maximum atomic E-state index is 5.90. The van der Waals surface area contributed by atoms with Crippen molar-refractivity contribution in [2.45, 2.75) is 0 Å². The molecule has 0 amide bonds. The second-order valence-electron chi connectivity index (χ2n) is 2.67. The molecule has 0 fully saturated rings. The predicted molar refractivity (Wildman–Crippen MR) is 57.8 cm³/mol. The molecule has 1 heterocycles. The zero-order chi connectivity index (χ0) is 9.42. The number of hydrogen-bond donors (Lipinski definition) is 1. The summed E-state index contributed by atoms with van der Waals surface area (Å²) >= 11 is 7.47. The summed E-state index contributed by atoms with van der Waals surface area (Å²) in [6, 6.07) is 3.66. The Morgan fingerprint density at radius 3 is 2.92 bits per heavy atom. The van der Waals surface area contributed by atoms with Gasteiger partial charge in [0.05, 0.1) is 18.2 Å². The van der Waals surface area contributed by atoms with Gasteiger partial charge in [0.15, 0.2) is 0 Å². The van der Waals surface area contributed by atoms with Crippen molar-refractivity contribution < 1.29 is 4.74 Å². The standard InChI is InChI=1S/C9H8ClNOS/c1-12-7-2-5(10)3-8-9(7)6(11)4-13-8/h2-4H,11H2,1H3. The molecule has 0 aliphatic carbocycles. The molecule has 0 bridgehead atoms. The Morgan fingerprint density at radius 1 is 1.46 bits per heavy atom. The maximum Gasteiger partial charge on any atom is 0.131 e. The number of fused-ring (bicyclic) bond motifs is 1. The summed E-state index contributed by atoms with van der Waals surface area (Å²) in [6.45, 7) is 0. The highest BCUT2D eigenvalue weighted by Crippen LogP contribution is 2.37. The third-order valence-corrected chi connectivity index (χ3v) is 3.02. The minimum atomic E-state index is 0.672. The highest BCUT2D eigenvalue weighted by molar-refractivity contribution is 7.17. The van der Waals surface area contributed by atoms with E-state index in [2.05, 4.69) is 0 Å². The highest BCUT2D eigenvalue weighted by atomic mass is 35.5. The van der Waals surface area contributed by atoms with E-state index in [9.17, 15) is 0 Å². The minimum absolute atomic E-state index is 0.672. The summed E-state index contributed by atoms with van der Waals surface area (Å²) in [5.41, 5.74) is 6.53. The third-order valence-electron chi connectivity index (χ3n) is 1.85. The molecule has 0 atom stereocenters. The molecule has 1 aromatic heterocycles. The minimum Gasteiger partial charge on any atom is -0.496 e. The van der Waals surface area contributed by atoms with E-state index in [4.69, 9.17) is 22.1 Å². The van der Waals surface area contributed by atoms with Gasteiger partial charge in [-0.05, 0) is 12.1 Å². The van der Waals surface area contributed by atoms with E-state index < -0.39 is 0 Å². The molecule has 2 nitrogen and oxygen atoms in total. The first-order valence-electron chi connectivity index (χ1n) is 3.72. The zero-order valence-electron chi connectivity index (χ0n) is 7.00. The van der Waals surface area contributed by atoms with Gasteiger partial charge in [-0.25, -0.2) is 0 Å². The molecule has 2 rings (SSSR count). The van der Waals surface area contributed by atoms with Crippen LogP contribution in [0.15, 0.2) is 17.5 Å². The van der Waals surface area contributed by atoms with Crippen molar-refractivity contribution in [3.63, 3.8) is 0 Å². The molecule has 0 unspecified atom stereocenters. The van der Waals surface area contributed by atoms with Gasteiger partial charge in [0, 0.05) is 15.1 Å². The van der Waals surface area contributed by atoms with Crippen molar-refractivity contribution in [3.05, 3.63) is 22.5 Å². The van der Waals surface area contributed by atoms with Crippen LogP contribution < -0.4 is 10.5 Å². The summed E-state index contributed by atoms with van der Waals surface area (Å²) in [5, 5.41) is 3.52. The fourth-order valence-electron chi connectivity index (χ4n) is 1.28. The van der Waals surface area contributed by atoms with Crippen LogP contribution in [0.2, 0.25) is 5.02 Å². The van der Waals surface area contributed by atoms with Crippen LogP contribution in [-0.4, -0.2) is 7.11 Å². The zero-order valence-corrected chi connectivity index (χ0v) is 8.58. The third kappa shape index (κ3) is 1.34. The van der Waals surface area contributed by atoms with Crippen LogP contribution in [0.25, 0.3) is 10.1 Å². The van der Waals surface area contributed by atoms with Gasteiger partial charge in [0.2, 0.25) is 0 Å². The van der Waals surface area contributed by atoms with Crippen LogP contribution >= 0.6 is 22.9 Å². The summed E-state index contributed by atoms with van der Waals surface area (Å²) in [5.74, 6) is 0.737. The van der Waals surface area contributed by atoms with Gasteiger partial charge in [-0.3, -0.25) is 0 Å². The number of nitrogens with two attached hydrogens (primary N) is 1. The number of anilines is 1. The topological polar surface area (TPSA) is 35.2 Å². The lowest BCUT2D eigenvalue weighted by molar-refractivity contribution is 0.420. The highest BCUT2D eigenvalue weighted by Gasteiger charge is 2.08. The van der Waals surface area contributed by atoms with Crippen molar-refractivity contribution in [3.8, 4) is 5.75 Å². The second-order valence-corrected chi connectivity index (χ2v) is 4.02. The number of hydrogen-bond acceptors (Lipinski definition) is 3. The number of benzene rings is 1. The maximum absolute atomic E-state index is 5.90. The van der Waals surface area contributed by atoms with E-state index in [0.717, 1.165) is 21.5 Å². The first-order chi connectivity index (χ1) is 6.22. The summed E-state index contributed by atoms with van der Waals surface area (Å²) in [4.78, 5) is 0. The Hall–Kier alpha value is -0.930. The molecule has 13 heavy (non-hydrogen) atoms. The van der Waals surface area contributed by atoms with E-state index in [-0.39, 0.29) is 0 Å². The smallest absolute Gasteiger partial charge is 0.131 e. The molecule has 0 aliphatic heterocycles. The van der Waals surface area contributed by atoms with Crippen LogP contribution in [0.4, 0.5) is 5.69 Å². The molecule has 0 saturated heterocycles. The van der Waals surface area contributed by atoms with Gasteiger partial charge in [0.25, 0.3) is 0 Å². The van der Waals surface area contributed by atoms with Crippen molar-refractivity contribution in [2.75, 3.05) is 12.8 Å². The SMILES string of the molecule is COc1cc(Cl)cc2scc(N)c12.